The van der Waals surface area contributed by atoms with Gasteiger partial charge in [0, 0.05) is 30.1 Å². The van der Waals surface area contributed by atoms with Crippen LogP contribution in [0.15, 0.2) is 35.7 Å². The smallest absolute Gasteiger partial charge is 0.365 e. The summed E-state index contributed by atoms with van der Waals surface area (Å²) in [5.74, 6) is 1.40. The van der Waals surface area contributed by atoms with Crippen LogP contribution in [-0.4, -0.2) is 65.7 Å². The summed E-state index contributed by atoms with van der Waals surface area (Å²) in [4.78, 5) is 13.8. The minimum atomic E-state index is -4.18. The second-order valence-corrected chi connectivity index (χ2v) is 8.76. The van der Waals surface area contributed by atoms with Gasteiger partial charge in [-0.15, -0.1) is 11.3 Å². The van der Waals surface area contributed by atoms with E-state index in [4.69, 9.17) is 9.97 Å². The van der Waals surface area contributed by atoms with Crippen LogP contribution < -0.4 is 5.32 Å². The molecule has 1 N–H and O–H groups in total. The zero-order valence-corrected chi connectivity index (χ0v) is 17.7. The summed E-state index contributed by atoms with van der Waals surface area (Å²) in [7, 11) is 3.91. The first-order valence-corrected chi connectivity index (χ1v) is 10.7. The monoisotopic (exact) mass is 435 g/mol. The van der Waals surface area contributed by atoms with Crippen LogP contribution in [0.25, 0.3) is 21.3 Å². The fourth-order valence-corrected chi connectivity index (χ4v) is 4.78. The van der Waals surface area contributed by atoms with E-state index < -0.39 is 12.7 Å². The molecule has 1 fully saturated rings. The van der Waals surface area contributed by atoms with Gasteiger partial charge in [0.05, 0.1) is 18.5 Å². The lowest BCUT2D eigenvalue weighted by Gasteiger charge is -2.19. The van der Waals surface area contributed by atoms with Crippen LogP contribution in [0.3, 0.4) is 0 Å². The van der Waals surface area contributed by atoms with Crippen LogP contribution in [0.4, 0.5) is 19.0 Å². The van der Waals surface area contributed by atoms with Gasteiger partial charge in [0.25, 0.3) is 0 Å². The van der Waals surface area contributed by atoms with Crippen molar-refractivity contribution in [3.05, 3.63) is 41.5 Å². The molecule has 0 radical (unpaired) electrons. The number of thiophene rings is 1. The van der Waals surface area contributed by atoms with E-state index in [0.29, 0.717) is 37.7 Å². The Labute approximate surface area is 177 Å². The molecule has 160 valence electrons. The molecule has 0 aliphatic carbocycles. The number of rotatable bonds is 6. The Morgan fingerprint density at radius 2 is 1.97 bits per heavy atom. The Morgan fingerprint density at radius 1 is 1.20 bits per heavy atom. The molecule has 3 aromatic rings. The van der Waals surface area contributed by atoms with E-state index in [1.54, 1.807) is 11.3 Å². The topological polar surface area (TPSA) is 44.3 Å². The van der Waals surface area contributed by atoms with E-state index in [1.807, 2.05) is 49.3 Å². The molecule has 1 atom stereocenters. The summed E-state index contributed by atoms with van der Waals surface area (Å²) in [6.07, 6.45) is -3.53. The molecular formula is C21H24F3N5S. The first-order valence-electron chi connectivity index (χ1n) is 9.82. The zero-order chi connectivity index (χ0) is 21.3. The van der Waals surface area contributed by atoms with E-state index >= 15 is 0 Å². The highest BCUT2D eigenvalue weighted by atomic mass is 32.1. The number of aromatic nitrogens is 2. The molecule has 1 saturated heterocycles. The van der Waals surface area contributed by atoms with Gasteiger partial charge in [-0.3, -0.25) is 4.90 Å². The lowest BCUT2D eigenvalue weighted by atomic mass is 10.1. The number of alkyl halides is 3. The number of hydrogen-bond acceptors (Lipinski definition) is 6. The summed E-state index contributed by atoms with van der Waals surface area (Å²) in [5, 5.41) is 6.44. The molecule has 3 heterocycles. The quantitative estimate of drug-likeness (QED) is 0.619. The lowest BCUT2D eigenvalue weighted by molar-refractivity contribution is -0.143. The normalized spacial score (nSPS) is 17.9. The Balaban J connectivity index is 1.67. The van der Waals surface area contributed by atoms with Crippen LogP contribution in [0.1, 0.15) is 12.2 Å². The first kappa shape index (κ1) is 21.0. The molecule has 30 heavy (non-hydrogen) atoms. The van der Waals surface area contributed by atoms with Gasteiger partial charge in [-0.2, -0.15) is 13.2 Å². The van der Waals surface area contributed by atoms with Crippen LogP contribution in [-0.2, 0) is 6.54 Å². The van der Waals surface area contributed by atoms with Gasteiger partial charge >= 0.3 is 6.18 Å². The van der Waals surface area contributed by atoms with E-state index in [0.717, 1.165) is 21.3 Å². The number of benzene rings is 1. The van der Waals surface area contributed by atoms with Crippen molar-refractivity contribution in [2.45, 2.75) is 25.2 Å². The minimum absolute atomic E-state index is 0.0822. The van der Waals surface area contributed by atoms with Gasteiger partial charge in [0.2, 0.25) is 0 Å². The Hall–Kier alpha value is -2.23. The maximum atomic E-state index is 12.8. The molecule has 5 nitrogen and oxygen atoms in total. The van der Waals surface area contributed by atoms with E-state index in [-0.39, 0.29) is 6.04 Å². The van der Waals surface area contributed by atoms with E-state index in [2.05, 4.69) is 10.7 Å². The fourth-order valence-electron chi connectivity index (χ4n) is 3.82. The van der Waals surface area contributed by atoms with Crippen molar-refractivity contribution >= 4 is 27.4 Å². The van der Waals surface area contributed by atoms with Crippen molar-refractivity contribution in [3.8, 4) is 11.1 Å². The molecule has 1 unspecified atom stereocenters. The third kappa shape index (κ3) is 4.91. The van der Waals surface area contributed by atoms with Gasteiger partial charge in [-0.05, 0) is 26.1 Å². The predicted octanol–water partition coefficient (Wildman–Crippen LogP) is 4.47. The van der Waals surface area contributed by atoms with Gasteiger partial charge in [-0.25, -0.2) is 9.97 Å². The Kier molecular flexibility index (Phi) is 5.95. The zero-order valence-electron chi connectivity index (χ0n) is 16.9. The second-order valence-electron chi connectivity index (χ2n) is 7.90. The number of halogens is 3. The molecule has 9 heteroatoms. The van der Waals surface area contributed by atoms with Gasteiger partial charge in [0.1, 0.15) is 16.5 Å². The van der Waals surface area contributed by atoms with Crippen molar-refractivity contribution in [3.63, 3.8) is 0 Å². The summed E-state index contributed by atoms with van der Waals surface area (Å²) in [5.41, 5.74) is 2.11. The number of anilines is 1. The molecule has 0 spiro atoms. The van der Waals surface area contributed by atoms with E-state index in [9.17, 15) is 13.2 Å². The van der Waals surface area contributed by atoms with E-state index in [1.165, 1.54) is 4.90 Å². The molecule has 2 aromatic heterocycles. The molecule has 4 rings (SSSR count). The highest BCUT2D eigenvalue weighted by Crippen LogP contribution is 2.37. The Bertz CT molecular complexity index is 1000. The molecule has 1 aromatic carbocycles. The average molecular weight is 436 g/mol. The average Bonchev–Trinajstić information content (AvgIpc) is 3.27. The molecule has 1 aliphatic rings. The molecule has 0 bridgehead atoms. The predicted molar refractivity (Wildman–Crippen MR) is 115 cm³/mol. The van der Waals surface area contributed by atoms with Gasteiger partial charge in [0.15, 0.2) is 0 Å². The van der Waals surface area contributed by atoms with Gasteiger partial charge in [-0.1, -0.05) is 30.3 Å². The maximum absolute atomic E-state index is 12.8. The summed E-state index contributed by atoms with van der Waals surface area (Å²) in [6.45, 7) is 0.488. The maximum Gasteiger partial charge on any atom is 0.401 e. The highest BCUT2D eigenvalue weighted by Gasteiger charge is 2.34. The molecule has 0 saturated carbocycles. The summed E-state index contributed by atoms with van der Waals surface area (Å²) >= 11 is 1.56. The summed E-state index contributed by atoms with van der Waals surface area (Å²) in [6, 6.07) is 9.94. The highest BCUT2D eigenvalue weighted by molar-refractivity contribution is 7.17. The van der Waals surface area contributed by atoms with Crippen molar-refractivity contribution in [2.75, 3.05) is 39.0 Å². The van der Waals surface area contributed by atoms with Crippen molar-refractivity contribution in [2.24, 2.45) is 0 Å². The third-order valence-electron chi connectivity index (χ3n) is 5.04. The number of nitrogens with one attached hydrogen (secondary N) is 1. The lowest BCUT2D eigenvalue weighted by Crippen LogP contribution is -2.34. The molecule has 0 amide bonds. The summed E-state index contributed by atoms with van der Waals surface area (Å²) < 4.78 is 38.3. The van der Waals surface area contributed by atoms with Crippen molar-refractivity contribution < 1.29 is 13.2 Å². The largest absolute Gasteiger partial charge is 0.401 e. The minimum Gasteiger partial charge on any atom is -0.365 e. The fraction of sp³-hybridized carbons (Fsp3) is 0.429. The Morgan fingerprint density at radius 3 is 2.67 bits per heavy atom. The molecule has 1 aliphatic heterocycles. The third-order valence-corrected chi connectivity index (χ3v) is 5.91. The molecular weight excluding hydrogens is 411 g/mol. The van der Waals surface area contributed by atoms with Crippen molar-refractivity contribution in [1.29, 1.82) is 0 Å². The van der Waals surface area contributed by atoms with Crippen LogP contribution in [0.5, 0.6) is 0 Å². The number of fused-ring (bicyclic) bond motifs is 1. The number of nitrogens with zero attached hydrogens (tertiary/aromatic N) is 4. The second kappa shape index (κ2) is 8.49. The first-order chi connectivity index (χ1) is 14.3. The number of hydrogen-bond donors (Lipinski definition) is 1. The number of likely N-dealkylation sites (tertiary alicyclic amines) is 1. The van der Waals surface area contributed by atoms with Crippen molar-refractivity contribution in [1.82, 2.24) is 19.8 Å². The SMILES string of the molecule is CN(C)Cc1nc(NC2CCN(CC(F)(F)F)C2)c2c(-c3ccccc3)csc2n1. The van der Waals surface area contributed by atoms with Crippen LogP contribution >= 0.6 is 11.3 Å². The van der Waals surface area contributed by atoms with Crippen LogP contribution in [0, 0.1) is 0 Å². The van der Waals surface area contributed by atoms with Gasteiger partial charge < -0.3 is 10.2 Å². The van der Waals surface area contributed by atoms with Crippen LogP contribution in [0.2, 0.25) is 0 Å². The standard InChI is InChI=1S/C21H24F3N5S/c1-28(2)11-17-26-19(25-15-8-9-29(10-15)13-21(22,23)24)18-16(12-30-20(18)27-17)14-6-4-3-5-7-14/h3-7,12,15H,8-11,13H2,1-2H3,(H,25,26,27).